The van der Waals surface area contributed by atoms with Crippen molar-refractivity contribution < 1.29 is 9.53 Å². The molecule has 1 amide bonds. The summed E-state index contributed by atoms with van der Waals surface area (Å²) >= 11 is 6.84. The van der Waals surface area contributed by atoms with E-state index in [1.807, 2.05) is 30.5 Å². The third-order valence-corrected chi connectivity index (χ3v) is 5.57. The van der Waals surface area contributed by atoms with Gasteiger partial charge in [0.05, 0.1) is 11.0 Å². The van der Waals surface area contributed by atoms with Gasteiger partial charge in [0.2, 0.25) is 0 Å². The first-order valence-electron chi connectivity index (χ1n) is 9.48. The van der Waals surface area contributed by atoms with E-state index in [0.29, 0.717) is 22.6 Å². The molecular weight excluding hydrogens is 526 g/mol. The number of aromatic nitrogens is 4. The molecule has 0 bridgehead atoms. The molecule has 0 spiro atoms. The van der Waals surface area contributed by atoms with Crippen LogP contribution in [0.15, 0.2) is 75.9 Å². The van der Waals surface area contributed by atoms with Gasteiger partial charge in [0.15, 0.2) is 18.2 Å². The van der Waals surface area contributed by atoms with Gasteiger partial charge >= 0.3 is 0 Å². The highest BCUT2D eigenvalue weighted by Gasteiger charge is 2.15. The van der Waals surface area contributed by atoms with Crippen molar-refractivity contribution in [3.05, 3.63) is 92.8 Å². The zero-order valence-corrected chi connectivity index (χ0v) is 19.8. The van der Waals surface area contributed by atoms with Crippen molar-refractivity contribution in [2.75, 3.05) is 5.32 Å². The van der Waals surface area contributed by atoms with Crippen molar-refractivity contribution in [3.63, 3.8) is 0 Å². The number of hydrogen-bond donors (Lipinski definition) is 1. The van der Waals surface area contributed by atoms with Gasteiger partial charge in [-0.05, 0) is 58.7 Å². The summed E-state index contributed by atoms with van der Waals surface area (Å²) in [4.78, 5) is 12.6. The van der Waals surface area contributed by atoms with Crippen molar-refractivity contribution in [2.45, 2.75) is 20.2 Å². The van der Waals surface area contributed by atoms with Crippen LogP contribution in [0.25, 0.3) is 0 Å². The Kier molecular flexibility index (Phi) is 6.53. The Morgan fingerprint density at radius 2 is 1.74 bits per heavy atom. The summed E-state index contributed by atoms with van der Waals surface area (Å²) in [5.74, 6) is 0.814. The van der Waals surface area contributed by atoms with Crippen molar-refractivity contribution in [3.8, 4) is 5.75 Å². The van der Waals surface area contributed by atoms with Gasteiger partial charge < -0.3 is 10.1 Å². The molecular formula is C22H19Br2N5O2. The highest BCUT2D eigenvalue weighted by Crippen LogP contribution is 2.21. The van der Waals surface area contributed by atoms with Crippen LogP contribution in [0.5, 0.6) is 5.75 Å². The molecule has 0 aliphatic carbocycles. The molecule has 2 aromatic carbocycles. The fourth-order valence-electron chi connectivity index (χ4n) is 2.84. The smallest absolute Gasteiger partial charge is 0.277 e. The van der Waals surface area contributed by atoms with Crippen molar-refractivity contribution in [1.82, 2.24) is 19.6 Å². The summed E-state index contributed by atoms with van der Waals surface area (Å²) in [6.45, 7) is 2.86. The summed E-state index contributed by atoms with van der Waals surface area (Å²) in [6.07, 6.45) is 3.53. The summed E-state index contributed by atoms with van der Waals surface area (Å²) in [6, 6.07) is 17.4. The third-order valence-electron chi connectivity index (χ3n) is 4.46. The quantitative estimate of drug-likeness (QED) is 0.345. The van der Waals surface area contributed by atoms with Gasteiger partial charge in [-0.25, -0.2) is 4.68 Å². The lowest BCUT2D eigenvalue weighted by atomic mass is 10.1. The van der Waals surface area contributed by atoms with Gasteiger partial charge in [-0.15, -0.1) is 0 Å². The van der Waals surface area contributed by atoms with E-state index in [9.17, 15) is 4.79 Å². The summed E-state index contributed by atoms with van der Waals surface area (Å²) in [7, 11) is 0. The average molecular weight is 545 g/mol. The third kappa shape index (κ3) is 5.62. The van der Waals surface area contributed by atoms with Crippen LogP contribution < -0.4 is 10.1 Å². The van der Waals surface area contributed by atoms with Gasteiger partial charge in [-0.3, -0.25) is 9.48 Å². The lowest BCUT2D eigenvalue weighted by Crippen LogP contribution is -2.15. The van der Waals surface area contributed by atoms with Crippen molar-refractivity contribution in [1.29, 1.82) is 0 Å². The molecule has 0 radical (unpaired) electrons. The molecule has 4 rings (SSSR count). The SMILES string of the molecule is Cc1ccc(Cn2cc(Br)c(NC(=O)c3ccn(COc4ccc(Br)cc4)n3)n2)cc1. The predicted molar refractivity (Wildman–Crippen MR) is 125 cm³/mol. The zero-order valence-electron chi connectivity index (χ0n) is 16.6. The molecule has 0 aliphatic rings. The molecule has 7 nitrogen and oxygen atoms in total. The first kappa shape index (κ1) is 21.3. The first-order chi connectivity index (χ1) is 15.0. The summed E-state index contributed by atoms with van der Waals surface area (Å²) in [5, 5.41) is 11.5. The number of aryl methyl sites for hydroxylation is 1. The number of amides is 1. The minimum Gasteiger partial charge on any atom is -0.471 e. The van der Waals surface area contributed by atoms with E-state index in [2.05, 4.69) is 78.6 Å². The van der Waals surface area contributed by atoms with Gasteiger partial charge in [0.25, 0.3) is 5.91 Å². The Labute approximate surface area is 196 Å². The molecule has 0 saturated carbocycles. The molecule has 0 aliphatic heterocycles. The standard InChI is InChI=1S/C22H19Br2N5O2/c1-15-2-4-16(5-3-15)12-29-13-19(24)21(27-29)25-22(30)20-10-11-28(26-20)14-31-18-8-6-17(23)7-9-18/h2-11,13H,12,14H2,1H3,(H,25,27,30). The molecule has 31 heavy (non-hydrogen) atoms. The van der Waals surface area contributed by atoms with Crippen LogP contribution in [-0.4, -0.2) is 25.5 Å². The zero-order chi connectivity index (χ0) is 21.8. The largest absolute Gasteiger partial charge is 0.471 e. The monoisotopic (exact) mass is 543 g/mol. The van der Waals surface area contributed by atoms with Crippen LogP contribution in [0.4, 0.5) is 5.82 Å². The number of halogens is 2. The molecule has 2 heterocycles. The van der Waals surface area contributed by atoms with E-state index < -0.39 is 0 Å². The molecule has 0 atom stereocenters. The van der Waals surface area contributed by atoms with Crippen molar-refractivity contribution in [2.24, 2.45) is 0 Å². The number of carbonyl (C=O) groups is 1. The molecule has 2 aromatic heterocycles. The van der Waals surface area contributed by atoms with Crippen LogP contribution in [0.1, 0.15) is 21.6 Å². The Bertz CT molecular complexity index is 1180. The number of rotatable bonds is 7. The Balaban J connectivity index is 1.36. The second kappa shape index (κ2) is 9.49. The molecule has 4 aromatic rings. The average Bonchev–Trinajstić information content (AvgIpc) is 3.36. The van der Waals surface area contributed by atoms with E-state index in [1.54, 1.807) is 21.6 Å². The highest BCUT2D eigenvalue weighted by atomic mass is 79.9. The molecule has 1 N–H and O–H groups in total. The maximum atomic E-state index is 12.6. The molecule has 9 heteroatoms. The van der Waals surface area contributed by atoms with Crippen LogP contribution >= 0.6 is 31.9 Å². The molecule has 0 saturated heterocycles. The first-order valence-corrected chi connectivity index (χ1v) is 11.1. The van der Waals surface area contributed by atoms with Crippen molar-refractivity contribution >= 4 is 43.6 Å². The maximum absolute atomic E-state index is 12.6. The summed E-state index contributed by atoms with van der Waals surface area (Å²) < 4.78 is 10.7. The Hall–Kier alpha value is -2.91. The van der Waals surface area contributed by atoms with E-state index in [-0.39, 0.29) is 18.3 Å². The van der Waals surface area contributed by atoms with E-state index in [4.69, 9.17) is 4.74 Å². The lowest BCUT2D eigenvalue weighted by molar-refractivity contribution is 0.101. The van der Waals surface area contributed by atoms with Crippen LogP contribution in [-0.2, 0) is 13.3 Å². The van der Waals surface area contributed by atoms with E-state index in [1.165, 1.54) is 5.56 Å². The van der Waals surface area contributed by atoms with Crippen LogP contribution in [0.2, 0.25) is 0 Å². The van der Waals surface area contributed by atoms with Gasteiger partial charge in [-0.1, -0.05) is 45.8 Å². The Morgan fingerprint density at radius 1 is 1.00 bits per heavy atom. The van der Waals surface area contributed by atoms with Crippen LogP contribution in [0.3, 0.4) is 0 Å². The second-order valence-electron chi connectivity index (χ2n) is 6.93. The predicted octanol–water partition coefficient (Wildman–Crippen LogP) is 5.25. The molecule has 0 fully saturated rings. The van der Waals surface area contributed by atoms with Gasteiger partial charge in [0, 0.05) is 16.9 Å². The highest BCUT2D eigenvalue weighted by molar-refractivity contribution is 9.10. The normalized spacial score (nSPS) is 10.8. The lowest BCUT2D eigenvalue weighted by Gasteiger charge is -2.06. The number of carbonyl (C=O) groups excluding carboxylic acids is 1. The topological polar surface area (TPSA) is 74.0 Å². The minimum absolute atomic E-state index is 0.198. The van der Waals surface area contributed by atoms with Crippen LogP contribution in [0, 0.1) is 6.92 Å². The fraction of sp³-hybridized carbons (Fsp3) is 0.136. The number of ether oxygens (including phenoxy) is 1. The number of nitrogens with zero attached hydrogens (tertiary/aromatic N) is 4. The Morgan fingerprint density at radius 3 is 2.48 bits per heavy atom. The van der Waals surface area contributed by atoms with Gasteiger partial charge in [0.1, 0.15) is 5.75 Å². The minimum atomic E-state index is -0.344. The summed E-state index contributed by atoms with van der Waals surface area (Å²) in [5.41, 5.74) is 2.61. The maximum Gasteiger partial charge on any atom is 0.277 e. The molecule has 0 unspecified atom stereocenters. The number of nitrogens with one attached hydrogen (secondary N) is 1. The number of hydrogen-bond acceptors (Lipinski definition) is 4. The van der Waals surface area contributed by atoms with E-state index in [0.717, 1.165) is 10.0 Å². The molecule has 158 valence electrons. The van der Waals surface area contributed by atoms with Gasteiger partial charge in [-0.2, -0.15) is 10.2 Å². The number of anilines is 1. The fourth-order valence-corrected chi connectivity index (χ4v) is 3.52. The second-order valence-corrected chi connectivity index (χ2v) is 8.70. The number of benzene rings is 2. The van der Waals surface area contributed by atoms with E-state index >= 15 is 0 Å².